The molecule has 0 radical (unpaired) electrons. The summed E-state index contributed by atoms with van der Waals surface area (Å²) in [5, 5.41) is 2.59. The van der Waals surface area contributed by atoms with E-state index in [1.54, 1.807) is 19.1 Å². The minimum Gasteiger partial charge on any atom is -0.491 e. The molecule has 2 atom stereocenters. The van der Waals surface area contributed by atoms with Crippen LogP contribution in [0, 0.1) is 5.92 Å². The van der Waals surface area contributed by atoms with Crippen molar-refractivity contribution in [3.8, 4) is 5.75 Å². The molecule has 1 aliphatic rings. The minimum atomic E-state index is -2.58. The molecule has 1 N–H and O–H groups in total. The van der Waals surface area contributed by atoms with E-state index < -0.39 is 11.8 Å². The number of nitrogens with one attached hydrogen (secondary N) is 1. The molecule has 0 aliphatic heterocycles. The van der Waals surface area contributed by atoms with Crippen LogP contribution < -0.4 is 10.1 Å². The molecular weight excluding hydrogens is 322 g/mol. The van der Waals surface area contributed by atoms with Crippen molar-refractivity contribution in [3.63, 3.8) is 0 Å². The zero-order chi connectivity index (χ0) is 14.0. The molecule has 104 valence electrons. The molecule has 1 heterocycles. The Bertz CT molecular complexity index is 465. The van der Waals surface area contributed by atoms with Crippen LogP contribution in [0.15, 0.2) is 18.3 Å². The summed E-state index contributed by atoms with van der Waals surface area (Å²) in [6, 6.07) is 3.15. The molecule has 1 saturated carbocycles. The van der Waals surface area contributed by atoms with E-state index in [4.69, 9.17) is 4.74 Å². The maximum atomic E-state index is 12.6. The number of hydrogen-bond donors (Lipinski definition) is 1. The fraction of sp³-hybridized carbons (Fsp3) is 0.500. The number of carbonyl (C=O) groups excluding carboxylic acids is 1. The molecule has 7 heteroatoms. The van der Waals surface area contributed by atoms with Gasteiger partial charge in [0.2, 0.25) is 5.91 Å². The second-order valence-corrected chi connectivity index (χ2v) is 5.83. The zero-order valence-electron chi connectivity index (χ0n) is 10.2. The average Bonchev–Trinajstić information content (AvgIpc) is 2.96. The summed E-state index contributed by atoms with van der Waals surface area (Å²) >= 11 is 3.13. The highest BCUT2D eigenvalue weighted by Crippen LogP contribution is 2.48. The topological polar surface area (TPSA) is 51.2 Å². The normalized spacial score (nSPS) is 21.6. The van der Waals surface area contributed by atoms with Crippen LogP contribution in [0.1, 0.15) is 13.3 Å². The molecule has 1 aromatic heterocycles. The van der Waals surface area contributed by atoms with Crippen molar-refractivity contribution in [2.75, 3.05) is 11.9 Å². The number of ether oxygens (including phenoxy) is 1. The maximum absolute atomic E-state index is 12.6. The number of amides is 1. The maximum Gasteiger partial charge on any atom is 0.255 e. The number of hydrogen-bond acceptors (Lipinski definition) is 3. The summed E-state index contributed by atoms with van der Waals surface area (Å²) < 4.78 is 30.5. The fourth-order valence-electron chi connectivity index (χ4n) is 1.41. The Kier molecular flexibility index (Phi) is 4.03. The highest BCUT2D eigenvalue weighted by molar-refractivity contribution is 9.10. The van der Waals surface area contributed by atoms with Crippen LogP contribution in [0.4, 0.5) is 14.6 Å². The van der Waals surface area contributed by atoms with Gasteiger partial charge in [0.15, 0.2) is 0 Å². The van der Waals surface area contributed by atoms with Crippen LogP contribution in [-0.2, 0) is 4.79 Å². The van der Waals surface area contributed by atoms with E-state index in [9.17, 15) is 13.6 Å². The van der Waals surface area contributed by atoms with Gasteiger partial charge in [0.25, 0.3) is 5.92 Å². The van der Waals surface area contributed by atoms with Crippen LogP contribution in [0.25, 0.3) is 0 Å². The third-order valence-corrected chi connectivity index (χ3v) is 3.17. The molecule has 0 bridgehead atoms. The highest BCUT2D eigenvalue weighted by atomic mass is 79.9. The summed E-state index contributed by atoms with van der Waals surface area (Å²) in [5.41, 5.74) is 0. The van der Waals surface area contributed by atoms with Crippen LogP contribution in [0.2, 0.25) is 0 Å². The van der Waals surface area contributed by atoms with Crippen molar-refractivity contribution in [1.82, 2.24) is 4.98 Å². The Hall–Kier alpha value is -1.24. The van der Waals surface area contributed by atoms with E-state index in [1.165, 1.54) is 6.20 Å². The Morgan fingerprint density at radius 2 is 2.37 bits per heavy atom. The molecule has 1 aromatic rings. The lowest BCUT2D eigenvalue weighted by molar-refractivity contribution is -0.115. The first kappa shape index (κ1) is 14.2. The van der Waals surface area contributed by atoms with Crippen LogP contribution in [0.3, 0.4) is 0 Å². The summed E-state index contributed by atoms with van der Waals surface area (Å²) in [6.45, 7) is 1.68. The van der Waals surface area contributed by atoms with Gasteiger partial charge in [-0.3, -0.25) is 4.79 Å². The van der Waals surface area contributed by atoms with Crippen LogP contribution >= 0.6 is 15.9 Å². The number of nitrogens with zero attached hydrogens (tertiary/aromatic N) is 1. The van der Waals surface area contributed by atoms with Gasteiger partial charge >= 0.3 is 0 Å². The molecule has 2 unspecified atom stereocenters. The number of aromatic nitrogens is 1. The van der Waals surface area contributed by atoms with E-state index in [-0.39, 0.29) is 23.8 Å². The summed E-state index contributed by atoms with van der Waals surface area (Å²) in [4.78, 5) is 15.0. The standard InChI is InChI=1S/C12H13BrF2N2O2/c1-7(13)11(18)17-10-3-2-9(5-16-10)19-6-8-4-12(8,14)15/h2-3,5,7-8H,4,6H2,1H3,(H,16,17,18). The SMILES string of the molecule is CC(Br)C(=O)Nc1ccc(OCC2CC2(F)F)cn1. The summed E-state index contributed by atoms with van der Waals surface area (Å²) in [6.07, 6.45) is 1.28. The fourth-order valence-corrected chi connectivity index (χ4v) is 1.53. The molecule has 1 fully saturated rings. The number of carbonyl (C=O) groups is 1. The van der Waals surface area contributed by atoms with Gasteiger partial charge in [0, 0.05) is 6.42 Å². The summed E-state index contributed by atoms with van der Waals surface area (Å²) in [7, 11) is 0. The van der Waals surface area contributed by atoms with E-state index in [0.29, 0.717) is 11.6 Å². The van der Waals surface area contributed by atoms with Crippen molar-refractivity contribution in [3.05, 3.63) is 18.3 Å². The van der Waals surface area contributed by atoms with Gasteiger partial charge in [-0.25, -0.2) is 13.8 Å². The first-order valence-corrected chi connectivity index (χ1v) is 6.71. The van der Waals surface area contributed by atoms with Crippen molar-refractivity contribution >= 4 is 27.7 Å². The van der Waals surface area contributed by atoms with Gasteiger partial charge in [-0.15, -0.1) is 0 Å². The summed E-state index contributed by atoms with van der Waals surface area (Å²) in [5.74, 6) is -2.68. The lowest BCUT2D eigenvalue weighted by atomic mass is 10.4. The third-order valence-electron chi connectivity index (χ3n) is 2.76. The van der Waals surface area contributed by atoms with Gasteiger partial charge in [0.05, 0.1) is 23.5 Å². The molecule has 0 spiro atoms. The highest BCUT2D eigenvalue weighted by Gasteiger charge is 2.57. The van der Waals surface area contributed by atoms with Crippen LogP contribution in [0.5, 0.6) is 5.75 Å². The van der Waals surface area contributed by atoms with Gasteiger partial charge in [0.1, 0.15) is 11.6 Å². The second-order valence-electron chi connectivity index (χ2n) is 4.46. The lowest BCUT2D eigenvalue weighted by Crippen LogP contribution is -2.20. The molecule has 1 amide bonds. The molecule has 4 nitrogen and oxygen atoms in total. The third kappa shape index (κ3) is 3.86. The van der Waals surface area contributed by atoms with E-state index in [0.717, 1.165) is 0 Å². The zero-order valence-corrected chi connectivity index (χ0v) is 11.8. The number of pyridine rings is 1. The predicted octanol–water partition coefficient (Wildman–Crippen LogP) is 2.84. The number of alkyl halides is 3. The van der Waals surface area contributed by atoms with Gasteiger partial charge < -0.3 is 10.1 Å². The lowest BCUT2D eigenvalue weighted by Gasteiger charge is -2.08. The molecule has 2 rings (SSSR count). The predicted molar refractivity (Wildman–Crippen MR) is 69.8 cm³/mol. The molecule has 0 aromatic carbocycles. The van der Waals surface area contributed by atoms with Gasteiger partial charge in [-0.1, -0.05) is 15.9 Å². The Morgan fingerprint density at radius 3 is 2.84 bits per heavy atom. The molecule has 19 heavy (non-hydrogen) atoms. The Labute approximate surface area is 117 Å². The van der Waals surface area contributed by atoms with E-state index in [1.807, 2.05) is 0 Å². The molecular formula is C12H13BrF2N2O2. The van der Waals surface area contributed by atoms with Crippen LogP contribution in [-0.4, -0.2) is 28.2 Å². The van der Waals surface area contributed by atoms with Crippen molar-refractivity contribution in [1.29, 1.82) is 0 Å². The van der Waals surface area contributed by atoms with E-state index in [2.05, 4.69) is 26.2 Å². The second kappa shape index (κ2) is 5.40. The smallest absolute Gasteiger partial charge is 0.255 e. The largest absolute Gasteiger partial charge is 0.491 e. The minimum absolute atomic E-state index is 0.0151. The monoisotopic (exact) mass is 334 g/mol. The Morgan fingerprint density at radius 1 is 1.68 bits per heavy atom. The number of anilines is 1. The molecule has 0 saturated heterocycles. The van der Waals surface area contributed by atoms with Gasteiger partial charge in [-0.2, -0.15) is 0 Å². The van der Waals surface area contributed by atoms with Crippen molar-refractivity contribution in [2.45, 2.75) is 24.1 Å². The first-order chi connectivity index (χ1) is 8.88. The Balaban J connectivity index is 1.83. The first-order valence-electron chi connectivity index (χ1n) is 5.80. The number of rotatable bonds is 5. The van der Waals surface area contributed by atoms with E-state index >= 15 is 0 Å². The van der Waals surface area contributed by atoms with Gasteiger partial charge in [-0.05, 0) is 19.1 Å². The van der Waals surface area contributed by atoms with Crippen molar-refractivity contribution < 1.29 is 18.3 Å². The quantitative estimate of drug-likeness (QED) is 0.842. The number of halogens is 3. The average molecular weight is 335 g/mol. The molecule has 1 aliphatic carbocycles. The van der Waals surface area contributed by atoms with Crippen molar-refractivity contribution in [2.24, 2.45) is 5.92 Å².